The van der Waals surface area contributed by atoms with E-state index in [1.807, 2.05) is 44.4 Å². The number of hydrogen-bond acceptors (Lipinski definition) is 3. The number of guanidine groups is 1. The Kier molecular flexibility index (Phi) is 9.43. The van der Waals surface area contributed by atoms with Gasteiger partial charge >= 0.3 is 0 Å². The van der Waals surface area contributed by atoms with Crippen LogP contribution in [-0.2, 0) is 6.42 Å². The van der Waals surface area contributed by atoms with Gasteiger partial charge in [0.1, 0.15) is 5.75 Å². The number of methoxy groups -OCH3 is 1. The fourth-order valence-corrected chi connectivity index (χ4v) is 2.68. The van der Waals surface area contributed by atoms with E-state index in [2.05, 4.69) is 40.3 Å². The van der Waals surface area contributed by atoms with Gasteiger partial charge in [0.15, 0.2) is 5.96 Å². The van der Waals surface area contributed by atoms with E-state index in [4.69, 9.17) is 10.5 Å². The monoisotopic (exact) mass is 468 g/mol. The second-order valence-corrected chi connectivity index (χ2v) is 6.12. The van der Waals surface area contributed by atoms with Gasteiger partial charge in [0.05, 0.1) is 19.7 Å². The van der Waals surface area contributed by atoms with Gasteiger partial charge in [-0.3, -0.25) is 4.99 Å². The molecule has 3 N–H and O–H groups in total. The molecule has 1 unspecified atom stereocenters. The number of nitrogens with zero attached hydrogens (tertiary/aromatic N) is 2. The highest BCUT2D eigenvalue weighted by atomic mass is 127. The van der Waals surface area contributed by atoms with Gasteiger partial charge in [-0.05, 0) is 44.3 Å². The highest BCUT2D eigenvalue weighted by molar-refractivity contribution is 14.0. The van der Waals surface area contributed by atoms with Gasteiger partial charge in [0, 0.05) is 11.3 Å². The van der Waals surface area contributed by atoms with Crippen molar-refractivity contribution in [2.45, 2.75) is 19.4 Å². The predicted octanol–water partition coefficient (Wildman–Crippen LogP) is 3.91. The van der Waals surface area contributed by atoms with Gasteiger partial charge in [-0.2, -0.15) is 0 Å². The van der Waals surface area contributed by atoms with Crippen LogP contribution < -0.4 is 15.8 Å². The van der Waals surface area contributed by atoms with Crippen LogP contribution >= 0.6 is 24.0 Å². The van der Waals surface area contributed by atoms with Gasteiger partial charge in [-0.1, -0.05) is 37.3 Å². The molecule has 0 fully saturated rings. The Balaban J connectivity index is 0.00000338. The summed E-state index contributed by atoms with van der Waals surface area (Å²) in [5.74, 6) is 1.27. The minimum Gasteiger partial charge on any atom is -0.496 e. The third-order valence-electron chi connectivity index (χ3n) is 4.19. The van der Waals surface area contributed by atoms with Crippen molar-refractivity contribution in [3.05, 3.63) is 59.7 Å². The van der Waals surface area contributed by atoms with Crippen molar-refractivity contribution in [3.8, 4) is 5.75 Å². The van der Waals surface area contributed by atoms with Crippen LogP contribution in [0.5, 0.6) is 5.75 Å². The number of ether oxygens (including phenoxy) is 1. The van der Waals surface area contributed by atoms with E-state index in [-0.39, 0.29) is 30.0 Å². The summed E-state index contributed by atoms with van der Waals surface area (Å²) in [6.07, 6.45) is 1.02. The number of nitrogens with two attached hydrogens (primary N) is 1. The van der Waals surface area contributed by atoms with Gasteiger partial charge < -0.3 is 20.7 Å². The zero-order valence-corrected chi connectivity index (χ0v) is 18.2. The quantitative estimate of drug-likeness (QED) is 0.368. The summed E-state index contributed by atoms with van der Waals surface area (Å²) in [5, 5.41) is 3.15. The van der Waals surface area contributed by atoms with Crippen molar-refractivity contribution in [3.63, 3.8) is 0 Å². The van der Waals surface area contributed by atoms with Crippen molar-refractivity contribution in [2.24, 2.45) is 10.7 Å². The lowest BCUT2D eigenvalue weighted by Gasteiger charge is -2.25. The maximum Gasteiger partial charge on any atom is 0.193 e. The van der Waals surface area contributed by atoms with Crippen molar-refractivity contribution in [2.75, 3.05) is 33.1 Å². The number of aryl methyl sites for hydroxylation is 1. The normalized spacial score (nSPS) is 12.4. The molecule has 0 aromatic heterocycles. The van der Waals surface area contributed by atoms with Crippen LogP contribution in [-0.4, -0.2) is 38.6 Å². The summed E-state index contributed by atoms with van der Waals surface area (Å²) < 4.78 is 5.48. The lowest BCUT2D eigenvalue weighted by atomic mass is 10.0. The second-order valence-electron chi connectivity index (χ2n) is 6.12. The molecule has 0 spiro atoms. The molecule has 2 aromatic carbocycles. The van der Waals surface area contributed by atoms with Crippen molar-refractivity contribution in [1.82, 2.24) is 4.90 Å². The molecule has 2 aromatic rings. The Morgan fingerprint density at radius 2 is 1.81 bits per heavy atom. The van der Waals surface area contributed by atoms with Crippen molar-refractivity contribution >= 4 is 35.6 Å². The van der Waals surface area contributed by atoms with Crippen LogP contribution in [0.4, 0.5) is 5.69 Å². The van der Waals surface area contributed by atoms with E-state index < -0.39 is 0 Å². The largest absolute Gasteiger partial charge is 0.496 e. The number of nitrogens with one attached hydrogen (secondary N) is 1. The first kappa shape index (κ1) is 22.2. The molecular formula is C20H29IN4O. The minimum absolute atomic E-state index is 0. The van der Waals surface area contributed by atoms with Crippen LogP contribution in [0.3, 0.4) is 0 Å². The van der Waals surface area contributed by atoms with Crippen LogP contribution in [0.25, 0.3) is 0 Å². The zero-order valence-electron chi connectivity index (χ0n) is 15.9. The lowest BCUT2D eigenvalue weighted by Crippen LogP contribution is -2.27. The molecule has 0 radical (unpaired) electrons. The third kappa shape index (κ3) is 6.17. The number of benzene rings is 2. The SMILES string of the molecule is CCc1ccc(NC(N)=NCC(c2ccccc2OC)N(C)C)cc1.I. The lowest BCUT2D eigenvalue weighted by molar-refractivity contribution is 0.295. The van der Waals surface area contributed by atoms with Crippen LogP contribution in [0, 0.1) is 0 Å². The second kappa shape index (κ2) is 11.0. The Labute approximate surface area is 173 Å². The van der Waals surface area contributed by atoms with Gasteiger partial charge in [-0.25, -0.2) is 0 Å². The molecule has 6 heteroatoms. The molecular weight excluding hydrogens is 439 g/mol. The average molecular weight is 468 g/mol. The van der Waals surface area contributed by atoms with E-state index in [0.29, 0.717) is 12.5 Å². The van der Waals surface area contributed by atoms with Gasteiger partial charge in [0.2, 0.25) is 0 Å². The Morgan fingerprint density at radius 3 is 2.38 bits per heavy atom. The molecule has 0 aliphatic carbocycles. The van der Waals surface area contributed by atoms with Gasteiger partial charge in [-0.15, -0.1) is 24.0 Å². The smallest absolute Gasteiger partial charge is 0.193 e. The first-order valence-corrected chi connectivity index (χ1v) is 8.50. The number of para-hydroxylation sites is 1. The number of anilines is 1. The molecule has 0 heterocycles. The maximum absolute atomic E-state index is 6.06. The Morgan fingerprint density at radius 1 is 1.15 bits per heavy atom. The first-order chi connectivity index (χ1) is 12.0. The molecule has 0 bridgehead atoms. The van der Waals surface area contributed by atoms with Crippen LogP contribution in [0.1, 0.15) is 24.1 Å². The van der Waals surface area contributed by atoms with E-state index in [1.54, 1.807) is 7.11 Å². The molecule has 142 valence electrons. The van der Waals surface area contributed by atoms with Crippen LogP contribution in [0.2, 0.25) is 0 Å². The van der Waals surface area contributed by atoms with Gasteiger partial charge in [0.25, 0.3) is 0 Å². The summed E-state index contributed by atoms with van der Waals surface area (Å²) in [6, 6.07) is 16.3. The molecule has 0 saturated carbocycles. The molecule has 0 saturated heterocycles. The Bertz CT molecular complexity index is 701. The highest BCUT2D eigenvalue weighted by Gasteiger charge is 2.17. The van der Waals surface area contributed by atoms with E-state index in [9.17, 15) is 0 Å². The summed E-state index contributed by atoms with van der Waals surface area (Å²) >= 11 is 0. The molecule has 0 amide bonds. The molecule has 0 aliphatic heterocycles. The minimum atomic E-state index is 0. The molecule has 5 nitrogen and oxygen atoms in total. The predicted molar refractivity (Wildman–Crippen MR) is 121 cm³/mol. The topological polar surface area (TPSA) is 62.9 Å². The third-order valence-corrected chi connectivity index (χ3v) is 4.19. The maximum atomic E-state index is 6.06. The zero-order chi connectivity index (χ0) is 18.2. The van der Waals surface area contributed by atoms with E-state index >= 15 is 0 Å². The Hall–Kier alpha value is -1.80. The van der Waals surface area contributed by atoms with E-state index in [1.165, 1.54) is 5.56 Å². The van der Waals surface area contributed by atoms with Crippen LogP contribution in [0.15, 0.2) is 53.5 Å². The molecule has 0 aliphatic rings. The number of halogens is 1. The number of rotatable bonds is 7. The average Bonchev–Trinajstić information content (AvgIpc) is 2.62. The standard InChI is InChI=1S/C20H28N4O.HI/c1-5-15-10-12-16(13-11-15)23-20(21)22-14-18(24(2)3)17-8-6-7-9-19(17)25-4;/h6-13,18H,5,14H2,1-4H3,(H3,21,22,23);1H. The summed E-state index contributed by atoms with van der Waals surface area (Å²) in [5.41, 5.74) is 9.40. The summed E-state index contributed by atoms with van der Waals surface area (Å²) in [4.78, 5) is 6.64. The molecule has 1 atom stereocenters. The van der Waals surface area contributed by atoms with E-state index in [0.717, 1.165) is 23.4 Å². The fraction of sp³-hybridized carbons (Fsp3) is 0.350. The first-order valence-electron chi connectivity index (χ1n) is 8.50. The number of aliphatic imine (C=N–C) groups is 1. The van der Waals surface area contributed by atoms with Crippen molar-refractivity contribution < 1.29 is 4.74 Å². The molecule has 2 rings (SSSR count). The number of hydrogen-bond donors (Lipinski definition) is 2. The summed E-state index contributed by atoms with van der Waals surface area (Å²) in [7, 11) is 5.74. The van der Waals surface area contributed by atoms with Crippen molar-refractivity contribution in [1.29, 1.82) is 0 Å². The summed E-state index contributed by atoms with van der Waals surface area (Å²) in [6.45, 7) is 2.68. The highest BCUT2D eigenvalue weighted by Crippen LogP contribution is 2.28. The fourth-order valence-electron chi connectivity index (χ4n) is 2.68. The number of likely N-dealkylation sites (N-methyl/N-ethyl adjacent to an activating group) is 1. The molecule has 26 heavy (non-hydrogen) atoms.